The first-order valence-corrected chi connectivity index (χ1v) is 9.99. The predicted octanol–water partition coefficient (Wildman–Crippen LogP) is 5.72. The van der Waals surface area contributed by atoms with Crippen molar-refractivity contribution in [2.24, 2.45) is 0 Å². The lowest BCUT2D eigenvalue weighted by molar-refractivity contribution is 0.0705. The molecule has 2 heterocycles. The second kappa shape index (κ2) is 8.11. The molecule has 0 N–H and O–H groups in total. The van der Waals surface area contributed by atoms with E-state index in [9.17, 15) is 4.79 Å². The predicted molar refractivity (Wildman–Crippen MR) is 109 cm³/mol. The third-order valence-corrected chi connectivity index (χ3v) is 5.64. The number of aromatic nitrogens is 2. The van der Waals surface area contributed by atoms with Crippen molar-refractivity contribution in [1.82, 2.24) is 15.0 Å². The molecule has 28 heavy (non-hydrogen) atoms. The maximum atomic E-state index is 12.8. The average molecular weight is 437 g/mol. The number of amides is 1. The molecule has 3 aromatic rings. The van der Waals surface area contributed by atoms with Crippen LogP contribution in [0.2, 0.25) is 15.1 Å². The van der Waals surface area contributed by atoms with Gasteiger partial charge in [-0.2, -0.15) is 4.98 Å². The van der Waals surface area contributed by atoms with Gasteiger partial charge in [0.2, 0.25) is 11.7 Å². The maximum Gasteiger partial charge on any atom is 0.256 e. The second-order valence-electron chi connectivity index (χ2n) is 6.63. The van der Waals surface area contributed by atoms with E-state index in [1.54, 1.807) is 4.90 Å². The van der Waals surface area contributed by atoms with Gasteiger partial charge in [-0.15, -0.1) is 0 Å². The van der Waals surface area contributed by atoms with Crippen LogP contribution in [0.15, 0.2) is 47.0 Å². The van der Waals surface area contributed by atoms with Crippen LogP contribution in [0.1, 0.15) is 35.0 Å². The van der Waals surface area contributed by atoms with Crippen LogP contribution >= 0.6 is 34.8 Å². The highest BCUT2D eigenvalue weighted by atomic mass is 35.5. The Bertz CT molecular complexity index is 976. The van der Waals surface area contributed by atoms with Crippen molar-refractivity contribution >= 4 is 40.7 Å². The lowest BCUT2D eigenvalue weighted by atomic mass is 9.96. The molecule has 0 radical (unpaired) electrons. The van der Waals surface area contributed by atoms with Crippen LogP contribution in [0.3, 0.4) is 0 Å². The quantitative estimate of drug-likeness (QED) is 0.527. The molecule has 2 aromatic carbocycles. The van der Waals surface area contributed by atoms with Crippen LogP contribution in [-0.4, -0.2) is 34.0 Å². The number of hydrogen-bond acceptors (Lipinski definition) is 4. The molecule has 144 valence electrons. The molecule has 4 rings (SSSR count). The van der Waals surface area contributed by atoms with Crippen molar-refractivity contribution in [1.29, 1.82) is 0 Å². The van der Waals surface area contributed by atoms with E-state index in [0.717, 1.165) is 18.4 Å². The van der Waals surface area contributed by atoms with Crippen LogP contribution in [-0.2, 0) is 0 Å². The van der Waals surface area contributed by atoms with E-state index in [4.69, 9.17) is 39.3 Å². The van der Waals surface area contributed by atoms with Crippen LogP contribution in [0.5, 0.6) is 0 Å². The lowest BCUT2D eigenvalue weighted by Gasteiger charge is -2.30. The zero-order valence-corrected chi connectivity index (χ0v) is 17.0. The van der Waals surface area contributed by atoms with Gasteiger partial charge in [-0.1, -0.05) is 70.3 Å². The summed E-state index contributed by atoms with van der Waals surface area (Å²) in [6.07, 6.45) is 1.45. The van der Waals surface area contributed by atoms with E-state index < -0.39 is 0 Å². The molecule has 1 aliphatic rings. The summed E-state index contributed by atoms with van der Waals surface area (Å²) in [5, 5.41) is 5.00. The van der Waals surface area contributed by atoms with Gasteiger partial charge in [-0.3, -0.25) is 4.79 Å². The molecule has 8 heteroatoms. The van der Waals surface area contributed by atoms with E-state index >= 15 is 0 Å². The van der Waals surface area contributed by atoms with Gasteiger partial charge < -0.3 is 9.42 Å². The zero-order valence-electron chi connectivity index (χ0n) is 14.7. The third kappa shape index (κ3) is 3.88. The molecule has 1 saturated heterocycles. The first-order valence-electron chi connectivity index (χ1n) is 8.86. The minimum atomic E-state index is -0.194. The number of benzene rings is 2. The first-order chi connectivity index (χ1) is 13.5. The van der Waals surface area contributed by atoms with Crippen molar-refractivity contribution in [3.8, 4) is 11.4 Å². The molecule has 0 aliphatic carbocycles. The van der Waals surface area contributed by atoms with Crippen molar-refractivity contribution in [2.45, 2.75) is 18.8 Å². The lowest BCUT2D eigenvalue weighted by Crippen LogP contribution is -2.38. The van der Waals surface area contributed by atoms with E-state index in [1.165, 1.54) is 12.1 Å². The summed E-state index contributed by atoms with van der Waals surface area (Å²) in [6, 6.07) is 12.7. The average Bonchev–Trinajstić information content (AvgIpc) is 3.18. The molecule has 1 amide bonds. The van der Waals surface area contributed by atoms with Crippen LogP contribution in [0.25, 0.3) is 11.4 Å². The maximum absolute atomic E-state index is 12.8. The van der Waals surface area contributed by atoms with Crippen LogP contribution in [0, 0.1) is 0 Å². The summed E-state index contributed by atoms with van der Waals surface area (Å²) in [5.41, 5.74) is 1.20. The highest BCUT2D eigenvalue weighted by Crippen LogP contribution is 2.33. The molecule has 5 nitrogen and oxygen atoms in total. The minimum Gasteiger partial charge on any atom is -0.339 e. The van der Waals surface area contributed by atoms with Gasteiger partial charge in [0.1, 0.15) is 0 Å². The topological polar surface area (TPSA) is 59.2 Å². The number of rotatable bonds is 3. The summed E-state index contributed by atoms with van der Waals surface area (Å²) < 4.78 is 5.47. The Labute approximate surface area is 177 Å². The number of carbonyl (C=O) groups excluding carboxylic acids is 1. The third-order valence-electron chi connectivity index (χ3n) is 4.83. The zero-order chi connectivity index (χ0) is 19.7. The standard InChI is InChI=1S/C20H16Cl3N3O2/c21-14-10-15(22)17(16(23)11-14)20(27)26-8-6-13(7-9-26)19-24-18(25-28-19)12-4-2-1-3-5-12/h1-5,10-11,13H,6-9H2. The largest absolute Gasteiger partial charge is 0.339 e. The number of likely N-dealkylation sites (tertiary alicyclic amines) is 1. The number of nitrogens with zero attached hydrogens (tertiary/aromatic N) is 3. The fourth-order valence-corrected chi connectivity index (χ4v) is 4.32. The summed E-state index contributed by atoms with van der Waals surface area (Å²) in [6.45, 7) is 1.11. The van der Waals surface area contributed by atoms with E-state index in [-0.39, 0.29) is 27.4 Å². The Balaban J connectivity index is 1.44. The highest BCUT2D eigenvalue weighted by Gasteiger charge is 2.30. The van der Waals surface area contributed by atoms with Crippen molar-refractivity contribution in [3.63, 3.8) is 0 Å². The molecule has 0 spiro atoms. The van der Waals surface area contributed by atoms with Crippen molar-refractivity contribution < 1.29 is 9.32 Å². The first kappa shape index (κ1) is 19.2. The normalized spacial score (nSPS) is 15.0. The number of hydrogen-bond donors (Lipinski definition) is 0. The Kier molecular flexibility index (Phi) is 5.58. The van der Waals surface area contributed by atoms with Gasteiger partial charge in [-0.05, 0) is 25.0 Å². The Morgan fingerprint density at radius 1 is 1.04 bits per heavy atom. The van der Waals surface area contributed by atoms with Gasteiger partial charge >= 0.3 is 0 Å². The SMILES string of the molecule is O=C(c1c(Cl)cc(Cl)cc1Cl)N1CCC(c2nc(-c3ccccc3)no2)CC1. The fourth-order valence-electron chi connectivity index (χ4n) is 3.34. The summed E-state index contributed by atoms with van der Waals surface area (Å²) >= 11 is 18.3. The Morgan fingerprint density at radius 3 is 2.32 bits per heavy atom. The smallest absolute Gasteiger partial charge is 0.256 e. The molecule has 0 saturated carbocycles. The summed E-state index contributed by atoms with van der Waals surface area (Å²) in [7, 11) is 0. The monoisotopic (exact) mass is 435 g/mol. The fraction of sp³-hybridized carbons (Fsp3) is 0.250. The molecular formula is C20H16Cl3N3O2. The van der Waals surface area contributed by atoms with E-state index in [1.807, 2.05) is 30.3 Å². The van der Waals surface area contributed by atoms with Gasteiger partial charge in [0.05, 0.1) is 15.6 Å². The molecule has 1 aliphatic heterocycles. The number of carbonyl (C=O) groups is 1. The van der Waals surface area contributed by atoms with Crippen molar-refractivity contribution in [3.05, 3.63) is 69.0 Å². The second-order valence-corrected chi connectivity index (χ2v) is 7.88. The molecule has 1 fully saturated rings. The minimum absolute atomic E-state index is 0.116. The highest BCUT2D eigenvalue weighted by molar-refractivity contribution is 6.42. The molecule has 0 atom stereocenters. The Hall–Kier alpha value is -2.08. The summed E-state index contributed by atoms with van der Waals surface area (Å²) in [4.78, 5) is 19.1. The molecule has 0 bridgehead atoms. The van der Waals surface area contributed by atoms with Gasteiger partial charge in [-0.25, -0.2) is 0 Å². The Morgan fingerprint density at radius 2 is 1.68 bits per heavy atom. The number of halogens is 3. The van der Waals surface area contributed by atoms with Crippen LogP contribution in [0.4, 0.5) is 0 Å². The van der Waals surface area contributed by atoms with Gasteiger partial charge in [0.25, 0.3) is 5.91 Å². The summed E-state index contributed by atoms with van der Waals surface area (Å²) in [5.74, 6) is 1.10. The molecule has 1 aromatic heterocycles. The molecule has 0 unspecified atom stereocenters. The van der Waals surface area contributed by atoms with Crippen LogP contribution < -0.4 is 0 Å². The van der Waals surface area contributed by atoms with Crippen molar-refractivity contribution in [2.75, 3.05) is 13.1 Å². The van der Waals surface area contributed by atoms with E-state index in [0.29, 0.717) is 29.8 Å². The van der Waals surface area contributed by atoms with Gasteiger partial charge in [0.15, 0.2) is 0 Å². The molecular weight excluding hydrogens is 421 g/mol. The van der Waals surface area contributed by atoms with Gasteiger partial charge in [0, 0.05) is 29.6 Å². The number of piperidine rings is 1. The van der Waals surface area contributed by atoms with E-state index in [2.05, 4.69) is 10.1 Å².